The largest absolute Gasteiger partial charge is 0.396 e. The molecule has 0 heterocycles. The van der Waals surface area contributed by atoms with Crippen molar-refractivity contribution in [1.82, 2.24) is 0 Å². The zero-order chi connectivity index (χ0) is 7.23. The molecule has 0 unspecified atom stereocenters. The van der Waals surface area contributed by atoms with E-state index in [1.165, 1.54) is 5.56 Å². The first-order valence-corrected chi connectivity index (χ1v) is 3.58. The Morgan fingerprint density at radius 2 is 1.73 bits per heavy atom. The van der Waals surface area contributed by atoms with Crippen LogP contribution in [0.25, 0.3) is 0 Å². The number of hydrogen-bond donors (Lipinski definition) is 1. The van der Waals surface area contributed by atoms with E-state index in [2.05, 4.69) is 12.1 Å². The summed E-state index contributed by atoms with van der Waals surface area (Å²) in [6.07, 6.45) is 1.85. The molecule has 0 aliphatic rings. The normalized spacial score (nSPS) is 8.82. The first kappa shape index (κ1) is 10.8. The SMILES string of the molecule is OCCCc1ccccc1.[V]. The molecule has 0 fully saturated rings. The molecule has 0 amide bonds. The molecule has 1 aromatic rings. The average molecular weight is 187 g/mol. The van der Waals surface area contributed by atoms with Gasteiger partial charge in [-0.15, -0.1) is 0 Å². The first-order valence-electron chi connectivity index (χ1n) is 3.58. The van der Waals surface area contributed by atoms with Crippen molar-refractivity contribution in [3.8, 4) is 0 Å². The van der Waals surface area contributed by atoms with Crippen LogP contribution in [0.2, 0.25) is 0 Å². The van der Waals surface area contributed by atoms with Crippen LogP contribution in [0.3, 0.4) is 0 Å². The van der Waals surface area contributed by atoms with Gasteiger partial charge in [-0.3, -0.25) is 0 Å². The number of aliphatic hydroxyl groups is 1. The van der Waals surface area contributed by atoms with E-state index >= 15 is 0 Å². The van der Waals surface area contributed by atoms with Gasteiger partial charge >= 0.3 is 0 Å². The molecule has 1 radical (unpaired) electrons. The zero-order valence-corrected chi connectivity index (χ0v) is 7.80. The zero-order valence-electron chi connectivity index (χ0n) is 6.40. The number of aryl methyl sites for hydroxylation is 1. The van der Waals surface area contributed by atoms with Crippen LogP contribution >= 0.6 is 0 Å². The molecule has 1 rings (SSSR count). The maximum absolute atomic E-state index is 8.53. The quantitative estimate of drug-likeness (QED) is 0.762. The van der Waals surface area contributed by atoms with Crippen LogP contribution in [-0.4, -0.2) is 11.7 Å². The Kier molecular flexibility index (Phi) is 6.33. The van der Waals surface area contributed by atoms with E-state index in [0.717, 1.165) is 12.8 Å². The Balaban J connectivity index is 0.000001000. The van der Waals surface area contributed by atoms with Crippen molar-refractivity contribution < 1.29 is 23.7 Å². The Morgan fingerprint density at radius 3 is 2.27 bits per heavy atom. The van der Waals surface area contributed by atoms with Crippen LogP contribution in [0, 0.1) is 0 Å². The fourth-order valence-corrected chi connectivity index (χ4v) is 0.928. The van der Waals surface area contributed by atoms with Gasteiger partial charge in [-0.2, -0.15) is 0 Å². The summed E-state index contributed by atoms with van der Waals surface area (Å²) in [4.78, 5) is 0. The molecule has 0 atom stereocenters. The molecular weight excluding hydrogens is 175 g/mol. The van der Waals surface area contributed by atoms with E-state index in [1.807, 2.05) is 18.2 Å². The second-order valence-electron chi connectivity index (χ2n) is 2.31. The van der Waals surface area contributed by atoms with Crippen molar-refractivity contribution in [3.63, 3.8) is 0 Å². The Morgan fingerprint density at radius 1 is 1.09 bits per heavy atom. The number of aliphatic hydroxyl groups excluding tert-OH is 1. The van der Waals surface area contributed by atoms with E-state index in [-0.39, 0.29) is 25.2 Å². The van der Waals surface area contributed by atoms with E-state index in [1.54, 1.807) is 0 Å². The molecule has 1 nitrogen and oxygen atoms in total. The van der Waals surface area contributed by atoms with Gasteiger partial charge in [0, 0.05) is 25.2 Å². The van der Waals surface area contributed by atoms with Gasteiger partial charge in [-0.1, -0.05) is 30.3 Å². The summed E-state index contributed by atoms with van der Waals surface area (Å²) in [6.45, 7) is 0.287. The minimum Gasteiger partial charge on any atom is -0.396 e. The molecule has 59 valence electrons. The summed E-state index contributed by atoms with van der Waals surface area (Å²) >= 11 is 0. The molecule has 11 heavy (non-hydrogen) atoms. The molecular formula is C9H12OV. The van der Waals surface area contributed by atoms with Crippen LogP contribution < -0.4 is 0 Å². The standard InChI is InChI=1S/C9H12O.V/c10-8-4-7-9-5-2-1-3-6-9;/h1-3,5-6,10H,4,7-8H2;. The smallest absolute Gasteiger partial charge is 0.0434 e. The monoisotopic (exact) mass is 187 g/mol. The minimum absolute atomic E-state index is 0. The maximum Gasteiger partial charge on any atom is 0.0434 e. The number of rotatable bonds is 3. The second-order valence-corrected chi connectivity index (χ2v) is 2.31. The van der Waals surface area contributed by atoms with Crippen LogP contribution in [0.5, 0.6) is 0 Å². The van der Waals surface area contributed by atoms with Crippen molar-refractivity contribution in [2.24, 2.45) is 0 Å². The van der Waals surface area contributed by atoms with E-state index in [4.69, 9.17) is 5.11 Å². The van der Waals surface area contributed by atoms with Gasteiger partial charge in [0.25, 0.3) is 0 Å². The van der Waals surface area contributed by atoms with Crippen LogP contribution in [0.1, 0.15) is 12.0 Å². The van der Waals surface area contributed by atoms with Crippen LogP contribution in [-0.2, 0) is 25.0 Å². The topological polar surface area (TPSA) is 20.2 Å². The van der Waals surface area contributed by atoms with Crippen LogP contribution in [0.15, 0.2) is 30.3 Å². The molecule has 0 aliphatic heterocycles. The third-order valence-corrected chi connectivity index (χ3v) is 1.47. The van der Waals surface area contributed by atoms with Gasteiger partial charge < -0.3 is 5.11 Å². The average Bonchev–Trinajstić information content (AvgIpc) is 2.03. The molecule has 1 aromatic carbocycles. The molecule has 0 bridgehead atoms. The minimum atomic E-state index is 0. The third kappa shape index (κ3) is 4.25. The Hall–Kier alpha value is -0.236. The second kappa shape index (κ2) is 6.47. The molecule has 0 saturated heterocycles. The van der Waals surface area contributed by atoms with Gasteiger partial charge in [0.2, 0.25) is 0 Å². The first-order chi connectivity index (χ1) is 4.93. The maximum atomic E-state index is 8.53. The fraction of sp³-hybridized carbons (Fsp3) is 0.333. The third-order valence-electron chi connectivity index (χ3n) is 1.47. The summed E-state index contributed by atoms with van der Waals surface area (Å²) in [5.41, 5.74) is 1.30. The van der Waals surface area contributed by atoms with Gasteiger partial charge in [0.15, 0.2) is 0 Å². The van der Waals surface area contributed by atoms with Crippen molar-refractivity contribution in [1.29, 1.82) is 0 Å². The Bertz CT molecular complexity index is 174. The van der Waals surface area contributed by atoms with Crippen LogP contribution in [0.4, 0.5) is 0 Å². The van der Waals surface area contributed by atoms with E-state index in [0.29, 0.717) is 0 Å². The summed E-state index contributed by atoms with van der Waals surface area (Å²) in [7, 11) is 0. The van der Waals surface area contributed by atoms with Gasteiger partial charge in [0.05, 0.1) is 0 Å². The fourth-order valence-electron chi connectivity index (χ4n) is 0.928. The van der Waals surface area contributed by atoms with Gasteiger partial charge in [-0.05, 0) is 18.4 Å². The number of hydrogen-bond acceptors (Lipinski definition) is 1. The van der Waals surface area contributed by atoms with Gasteiger partial charge in [-0.25, -0.2) is 0 Å². The van der Waals surface area contributed by atoms with E-state index < -0.39 is 0 Å². The van der Waals surface area contributed by atoms with Crippen molar-refractivity contribution in [2.75, 3.05) is 6.61 Å². The summed E-state index contributed by atoms with van der Waals surface area (Å²) in [5, 5.41) is 8.53. The molecule has 0 aliphatic carbocycles. The summed E-state index contributed by atoms with van der Waals surface area (Å²) < 4.78 is 0. The molecule has 0 spiro atoms. The predicted octanol–water partition coefficient (Wildman–Crippen LogP) is 1.61. The molecule has 2 heteroatoms. The number of benzene rings is 1. The van der Waals surface area contributed by atoms with E-state index in [9.17, 15) is 0 Å². The van der Waals surface area contributed by atoms with Gasteiger partial charge in [0.1, 0.15) is 0 Å². The molecule has 1 N–H and O–H groups in total. The van der Waals surface area contributed by atoms with Crippen molar-refractivity contribution in [3.05, 3.63) is 35.9 Å². The summed E-state index contributed by atoms with van der Waals surface area (Å²) in [6, 6.07) is 10.2. The molecule has 0 saturated carbocycles. The summed E-state index contributed by atoms with van der Waals surface area (Å²) in [5.74, 6) is 0. The van der Waals surface area contributed by atoms with Crippen molar-refractivity contribution >= 4 is 0 Å². The van der Waals surface area contributed by atoms with Crippen molar-refractivity contribution in [2.45, 2.75) is 12.8 Å². The Labute approximate surface area is 79.3 Å². The predicted molar refractivity (Wildman–Crippen MR) is 41.8 cm³/mol. The molecule has 0 aromatic heterocycles.